The molecule has 0 bridgehead atoms. The molecule has 0 aliphatic heterocycles. The van der Waals surface area contributed by atoms with E-state index in [-0.39, 0.29) is 5.84 Å². The third kappa shape index (κ3) is 4.97. The molecule has 0 saturated heterocycles. The van der Waals surface area contributed by atoms with E-state index in [0.29, 0.717) is 19.8 Å². The molecule has 0 amide bonds. The Balaban J connectivity index is 2.41. The smallest absolute Gasteiger partial charge is 0.216 e. The van der Waals surface area contributed by atoms with Crippen molar-refractivity contribution in [3.63, 3.8) is 0 Å². The molecule has 0 heterocycles. The lowest BCUT2D eigenvalue weighted by Gasteiger charge is -2.18. The molecule has 2 N–H and O–H groups in total. The number of rotatable bonds is 7. The van der Waals surface area contributed by atoms with Crippen molar-refractivity contribution in [3.8, 4) is 0 Å². The van der Waals surface area contributed by atoms with E-state index in [1.807, 2.05) is 44.2 Å². The van der Waals surface area contributed by atoms with Gasteiger partial charge in [0.05, 0.1) is 0 Å². The minimum absolute atomic E-state index is 0.262. The molecule has 0 fully saturated rings. The fourth-order valence-electron chi connectivity index (χ4n) is 1.39. The summed E-state index contributed by atoms with van der Waals surface area (Å²) < 4.78 is 10.6. The summed E-state index contributed by atoms with van der Waals surface area (Å²) in [5.41, 5.74) is 1.13. The Morgan fingerprint density at radius 3 is 2.29 bits per heavy atom. The first kappa shape index (κ1) is 13.7. The first-order valence-electron chi connectivity index (χ1n) is 5.87. The van der Waals surface area contributed by atoms with Crippen LogP contribution in [0.5, 0.6) is 0 Å². The lowest BCUT2D eigenvalue weighted by atomic mass is 10.2. The molecule has 0 saturated carbocycles. The number of benzene rings is 1. The van der Waals surface area contributed by atoms with Crippen LogP contribution < -0.4 is 5.32 Å². The molecule has 0 aliphatic carbocycles. The van der Waals surface area contributed by atoms with Crippen LogP contribution in [0.2, 0.25) is 0 Å². The Kier molecular flexibility index (Phi) is 6.29. The predicted octanol–water partition coefficient (Wildman–Crippen LogP) is 2.15. The topological polar surface area (TPSA) is 54.3 Å². The average Bonchev–Trinajstić information content (AvgIpc) is 2.37. The van der Waals surface area contributed by atoms with Crippen LogP contribution in [0.15, 0.2) is 30.3 Å². The van der Waals surface area contributed by atoms with E-state index >= 15 is 0 Å². The summed E-state index contributed by atoms with van der Waals surface area (Å²) in [5, 5.41) is 10.8. The molecule has 4 heteroatoms. The van der Waals surface area contributed by atoms with Crippen molar-refractivity contribution in [1.29, 1.82) is 5.41 Å². The molecule has 0 radical (unpaired) electrons. The van der Waals surface area contributed by atoms with Crippen molar-refractivity contribution in [2.75, 3.05) is 13.2 Å². The number of nitrogens with one attached hydrogen (secondary N) is 2. The highest BCUT2D eigenvalue weighted by atomic mass is 16.7. The molecule has 0 aromatic heterocycles. The standard InChI is InChI=1S/C13H20N2O2/c1-3-16-13(17-4-2)12(14)15-10-11-8-6-5-7-9-11/h5-9,13H,3-4,10H2,1-2H3,(H2,14,15). The van der Waals surface area contributed by atoms with Crippen molar-refractivity contribution >= 4 is 5.84 Å². The van der Waals surface area contributed by atoms with E-state index in [4.69, 9.17) is 14.9 Å². The van der Waals surface area contributed by atoms with Gasteiger partial charge in [0.15, 0.2) is 5.84 Å². The third-order valence-corrected chi connectivity index (χ3v) is 2.20. The highest BCUT2D eigenvalue weighted by Gasteiger charge is 2.13. The first-order chi connectivity index (χ1) is 8.27. The zero-order valence-corrected chi connectivity index (χ0v) is 10.4. The van der Waals surface area contributed by atoms with E-state index in [2.05, 4.69) is 5.32 Å². The maximum atomic E-state index is 7.84. The van der Waals surface area contributed by atoms with Gasteiger partial charge in [-0.25, -0.2) is 0 Å². The van der Waals surface area contributed by atoms with Gasteiger partial charge in [-0.2, -0.15) is 0 Å². The van der Waals surface area contributed by atoms with Gasteiger partial charge < -0.3 is 14.8 Å². The summed E-state index contributed by atoms with van der Waals surface area (Å²) in [6.07, 6.45) is -0.589. The molecule has 94 valence electrons. The highest BCUT2D eigenvalue weighted by molar-refractivity contribution is 5.82. The van der Waals surface area contributed by atoms with Crippen LogP contribution in [0.3, 0.4) is 0 Å². The average molecular weight is 236 g/mol. The van der Waals surface area contributed by atoms with E-state index in [0.717, 1.165) is 5.56 Å². The van der Waals surface area contributed by atoms with Crippen LogP contribution in [0.4, 0.5) is 0 Å². The van der Waals surface area contributed by atoms with Gasteiger partial charge >= 0.3 is 0 Å². The SMILES string of the molecule is CCOC(OCC)C(=N)NCc1ccccc1. The summed E-state index contributed by atoms with van der Waals surface area (Å²) in [6.45, 7) is 5.43. The maximum absolute atomic E-state index is 7.84. The van der Waals surface area contributed by atoms with Crippen molar-refractivity contribution in [3.05, 3.63) is 35.9 Å². The van der Waals surface area contributed by atoms with Gasteiger partial charge in [0.25, 0.3) is 0 Å². The van der Waals surface area contributed by atoms with Crippen LogP contribution in [0, 0.1) is 5.41 Å². The normalized spacial score (nSPS) is 10.5. The summed E-state index contributed by atoms with van der Waals surface area (Å²) in [7, 11) is 0. The molecule has 4 nitrogen and oxygen atoms in total. The van der Waals surface area contributed by atoms with Gasteiger partial charge in [-0.3, -0.25) is 5.41 Å². The monoisotopic (exact) mass is 236 g/mol. The lowest BCUT2D eigenvalue weighted by Crippen LogP contribution is -2.37. The zero-order chi connectivity index (χ0) is 12.5. The van der Waals surface area contributed by atoms with Crippen molar-refractivity contribution in [2.45, 2.75) is 26.7 Å². The lowest BCUT2D eigenvalue weighted by molar-refractivity contribution is -0.0923. The van der Waals surface area contributed by atoms with Crippen LogP contribution in [-0.2, 0) is 16.0 Å². The van der Waals surface area contributed by atoms with Gasteiger partial charge in [-0.15, -0.1) is 0 Å². The molecule has 0 spiro atoms. The summed E-state index contributed by atoms with van der Waals surface area (Å²) >= 11 is 0. The Morgan fingerprint density at radius 2 is 1.76 bits per heavy atom. The molecule has 0 aliphatic rings. The zero-order valence-electron chi connectivity index (χ0n) is 10.4. The second-order valence-corrected chi connectivity index (χ2v) is 3.50. The van der Waals surface area contributed by atoms with Crippen molar-refractivity contribution < 1.29 is 9.47 Å². The second-order valence-electron chi connectivity index (χ2n) is 3.50. The van der Waals surface area contributed by atoms with Gasteiger partial charge in [0.1, 0.15) is 0 Å². The van der Waals surface area contributed by atoms with Gasteiger partial charge in [-0.1, -0.05) is 30.3 Å². The van der Waals surface area contributed by atoms with Crippen LogP contribution >= 0.6 is 0 Å². The summed E-state index contributed by atoms with van der Waals surface area (Å²) in [5.74, 6) is 0.262. The molecule has 1 aromatic carbocycles. The molecule has 0 atom stereocenters. The summed E-state index contributed by atoms with van der Waals surface area (Å²) in [4.78, 5) is 0. The first-order valence-corrected chi connectivity index (χ1v) is 5.87. The Morgan fingerprint density at radius 1 is 1.18 bits per heavy atom. The Bertz CT molecular complexity index is 321. The van der Waals surface area contributed by atoms with Gasteiger partial charge in [0.2, 0.25) is 6.29 Å². The van der Waals surface area contributed by atoms with Crippen LogP contribution in [0.1, 0.15) is 19.4 Å². The molecule has 17 heavy (non-hydrogen) atoms. The van der Waals surface area contributed by atoms with Crippen molar-refractivity contribution in [1.82, 2.24) is 5.32 Å². The van der Waals surface area contributed by atoms with Crippen LogP contribution in [-0.4, -0.2) is 25.3 Å². The quantitative estimate of drug-likeness (QED) is 0.433. The highest BCUT2D eigenvalue weighted by Crippen LogP contribution is 2.00. The van der Waals surface area contributed by atoms with E-state index in [9.17, 15) is 0 Å². The molecule has 1 aromatic rings. The number of ether oxygens (including phenoxy) is 2. The fourth-order valence-corrected chi connectivity index (χ4v) is 1.39. The number of amidine groups is 1. The van der Waals surface area contributed by atoms with E-state index in [1.54, 1.807) is 0 Å². The fraction of sp³-hybridized carbons (Fsp3) is 0.462. The second kappa shape index (κ2) is 7.81. The minimum Gasteiger partial charge on any atom is -0.366 e. The summed E-state index contributed by atoms with van der Waals surface area (Å²) in [6, 6.07) is 9.94. The number of hydrogen-bond acceptors (Lipinski definition) is 3. The molecular formula is C13H20N2O2. The Hall–Kier alpha value is -1.39. The van der Waals surface area contributed by atoms with Gasteiger partial charge in [-0.05, 0) is 19.4 Å². The molecule has 1 rings (SSSR count). The number of hydrogen-bond donors (Lipinski definition) is 2. The van der Waals surface area contributed by atoms with E-state index < -0.39 is 6.29 Å². The molecule has 0 unspecified atom stereocenters. The Labute approximate surface area is 102 Å². The maximum Gasteiger partial charge on any atom is 0.216 e. The van der Waals surface area contributed by atoms with Gasteiger partial charge in [0, 0.05) is 19.8 Å². The largest absolute Gasteiger partial charge is 0.366 e. The van der Waals surface area contributed by atoms with Crippen LogP contribution in [0.25, 0.3) is 0 Å². The van der Waals surface area contributed by atoms with Crippen molar-refractivity contribution in [2.24, 2.45) is 0 Å². The molecular weight excluding hydrogens is 216 g/mol. The minimum atomic E-state index is -0.589. The third-order valence-electron chi connectivity index (χ3n) is 2.20. The predicted molar refractivity (Wildman–Crippen MR) is 68.0 cm³/mol. The van der Waals surface area contributed by atoms with E-state index in [1.165, 1.54) is 0 Å².